The molecule has 0 bridgehead atoms. The number of piperazine rings is 1. The fourth-order valence-electron chi connectivity index (χ4n) is 2.89. The molecular formula is C15H16ClN6+. The zero-order valence-electron chi connectivity index (χ0n) is 12.0. The summed E-state index contributed by atoms with van der Waals surface area (Å²) in [5.74, 6) is 1.04. The molecule has 3 aromatic heterocycles. The first-order valence-electron chi connectivity index (χ1n) is 7.27. The highest BCUT2D eigenvalue weighted by Crippen LogP contribution is 2.26. The molecule has 0 amide bonds. The average molecular weight is 316 g/mol. The minimum Gasteiger partial charge on any atom is -0.365 e. The van der Waals surface area contributed by atoms with E-state index in [-0.39, 0.29) is 0 Å². The Labute approximate surface area is 132 Å². The van der Waals surface area contributed by atoms with Gasteiger partial charge in [-0.3, -0.25) is 4.98 Å². The Kier molecular flexibility index (Phi) is 3.31. The monoisotopic (exact) mass is 315 g/mol. The first-order valence-corrected chi connectivity index (χ1v) is 7.65. The molecule has 1 aliphatic rings. The highest BCUT2D eigenvalue weighted by atomic mass is 35.5. The second-order valence-electron chi connectivity index (χ2n) is 5.28. The molecule has 0 atom stereocenters. The number of hydrogen-bond acceptors (Lipinski definition) is 4. The van der Waals surface area contributed by atoms with Crippen molar-refractivity contribution >= 4 is 34.3 Å². The Bertz CT molecular complexity index is 779. The fourth-order valence-corrected chi connectivity index (χ4v) is 3.08. The second kappa shape index (κ2) is 5.46. The molecule has 4 heterocycles. The maximum Gasteiger partial charge on any atom is 0.302 e. The molecule has 1 aliphatic heterocycles. The van der Waals surface area contributed by atoms with Crippen LogP contribution in [0, 0.1) is 0 Å². The van der Waals surface area contributed by atoms with Gasteiger partial charge in [0.05, 0.1) is 5.69 Å². The summed E-state index contributed by atoms with van der Waals surface area (Å²) in [6.07, 6.45) is 3.62. The van der Waals surface area contributed by atoms with Crippen LogP contribution in [-0.4, -0.2) is 41.1 Å². The van der Waals surface area contributed by atoms with Crippen LogP contribution >= 0.6 is 11.6 Å². The van der Waals surface area contributed by atoms with E-state index in [1.54, 1.807) is 6.33 Å². The molecule has 2 N–H and O–H groups in total. The molecule has 1 saturated heterocycles. The number of imidazole rings is 1. The molecule has 0 unspecified atom stereocenters. The predicted molar refractivity (Wildman–Crippen MR) is 86.3 cm³/mol. The number of aromatic nitrogens is 4. The Balaban J connectivity index is 1.57. The lowest BCUT2D eigenvalue weighted by Gasteiger charge is -2.36. The number of nitrogens with zero attached hydrogens (tertiary/aromatic N) is 4. The topological polar surface area (TPSA) is 62.2 Å². The van der Waals surface area contributed by atoms with Gasteiger partial charge < -0.3 is 9.80 Å². The molecule has 0 saturated carbocycles. The Hall–Kier alpha value is -2.34. The van der Waals surface area contributed by atoms with E-state index in [1.165, 1.54) is 0 Å². The molecule has 0 aliphatic carbocycles. The first-order chi connectivity index (χ1) is 10.8. The van der Waals surface area contributed by atoms with Crippen molar-refractivity contribution in [3.63, 3.8) is 0 Å². The van der Waals surface area contributed by atoms with Crippen molar-refractivity contribution in [2.45, 2.75) is 0 Å². The quantitative estimate of drug-likeness (QED) is 0.732. The van der Waals surface area contributed by atoms with Crippen molar-refractivity contribution < 1.29 is 4.98 Å². The van der Waals surface area contributed by atoms with E-state index in [9.17, 15) is 0 Å². The number of halogens is 1. The Morgan fingerprint density at radius 3 is 2.73 bits per heavy atom. The zero-order chi connectivity index (χ0) is 14.9. The number of nitrogens with one attached hydrogen (secondary N) is 2. The van der Waals surface area contributed by atoms with Crippen LogP contribution in [0.3, 0.4) is 0 Å². The van der Waals surface area contributed by atoms with Crippen LogP contribution in [0.2, 0.25) is 5.15 Å². The summed E-state index contributed by atoms with van der Waals surface area (Å²) in [4.78, 5) is 19.6. The lowest BCUT2D eigenvalue weighted by atomic mass is 10.2. The lowest BCUT2D eigenvalue weighted by molar-refractivity contribution is -0.347. The molecule has 7 heteroatoms. The number of fused-ring (bicyclic) bond motifs is 1. The third-order valence-electron chi connectivity index (χ3n) is 3.99. The Morgan fingerprint density at radius 1 is 1.14 bits per heavy atom. The van der Waals surface area contributed by atoms with Gasteiger partial charge in [0, 0.05) is 38.4 Å². The van der Waals surface area contributed by atoms with Crippen LogP contribution in [0.25, 0.3) is 11.2 Å². The summed E-state index contributed by atoms with van der Waals surface area (Å²) in [6, 6.07) is 7.94. The fraction of sp³-hybridized carbons (Fsp3) is 0.267. The number of anilines is 2. The molecule has 22 heavy (non-hydrogen) atoms. The minimum absolute atomic E-state index is 0.505. The summed E-state index contributed by atoms with van der Waals surface area (Å²) in [5, 5.41) is 0.505. The molecular weight excluding hydrogens is 300 g/mol. The molecule has 4 rings (SSSR count). The second-order valence-corrected chi connectivity index (χ2v) is 5.67. The van der Waals surface area contributed by atoms with Crippen LogP contribution in [0.5, 0.6) is 0 Å². The van der Waals surface area contributed by atoms with Crippen molar-refractivity contribution in [1.82, 2.24) is 15.0 Å². The minimum atomic E-state index is 0.505. The largest absolute Gasteiger partial charge is 0.365 e. The molecule has 6 nitrogen and oxygen atoms in total. The molecule has 0 spiro atoms. The van der Waals surface area contributed by atoms with Crippen molar-refractivity contribution in [2.24, 2.45) is 0 Å². The van der Waals surface area contributed by atoms with Gasteiger partial charge in [0.1, 0.15) is 5.82 Å². The third-order valence-corrected chi connectivity index (χ3v) is 4.18. The van der Waals surface area contributed by atoms with E-state index in [2.05, 4.69) is 35.8 Å². The smallest absolute Gasteiger partial charge is 0.302 e. The molecule has 1 fully saturated rings. The maximum absolute atomic E-state index is 6.13. The van der Waals surface area contributed by atoms with E-state index >= 15 is 0 Å². The van der Waals surface area contributed by atoms with Gasteiger partial charge in [0.25, 0.3) is 0 Å². The highest BCUT2D eigenvalue weighted by molar-refractivity contribution is 6.30. The molecule has 112 valence electrons. The van der Waals surface area contributed by atoms with Gasteiger partial charge >= 0.3 is 5.65 Å². The molecule has 3 aromatic rings. The summed E-state index contributed by atoms with van der Waals surface area (Å²) in [5.41, 5.74) is 2.88. The third kappa shape index (κ3) is 2.35. The van der Waals surface area contributed by atoms with E-state index in [0.29, 0.717) is 5.15 Å². The predicted octanol–water partition coefficient (Wildman–Crippen LogP) is 1.75. The van der Waals surface area contributed by atoms with E-state index in [0.717, 1.165) is 48.8 Å². The van der Waals surface area contributed by atoms with Crippen molar-refractivity contribution in [1.29, 1.82) is 0 Å². The van der Waals surface area contributed by atoms with Crippen molar-refractivity contribution in [3.8, 4) is 0 Å². The molecule has 0 aromatic carbocycles. The van der Waals surface area contributed by atoms with Gasteiger partial charge in [-0.05, 0) is 23.7 Å². The van der Waals surface area contributed by atoms with Crippen LogP contribution in [0.4, 0.5) is 11.5 Å². The SMILES string of the molecule is Clc1cc(N2CCN(c3ccccn3)CC2)c2[nH]c[nH+]c2n1. The summed E-state index contributed by atoms with van der Waals surface area (Å²) in [7, 11) is 0. The van der Waals surface area contributed by atoms with Gasteiger partial charge in [0.2, 0.25) is 5.15 Å². The highest BCUT2D eigenvalue weighted by Gasteiger charge is 2.23. The number of H-pyrrole nitrogens is 2. The van der Waals surface area contributed by atoms with Crippen molar-refractivity contribution in [2.75, 3.05) is 36.0 Å². The number of rotatable bonds is 2. The Morgan fingerprint density at radius 2 is 1.95 bits per heavy atom. The van der Waals surface area contributed by atoms with Gasteiger partial charge in [-0.15, -0.1) is 0 Å². The number of hydrogen-bond donors (Lipinski definition) is 1. The van der Waals surface area contributed by atoms with Gasteiger partial charge in [-0.25, -0.2) is 9.97 Å². The summed E-state index contributed by atoms with van der Waals surface area (Å²) in [6.45, 7) is 3.71. The maximum atomic E-state index is 6.13. The molecule has 0 radical (unpaired) electrons. The van der Waals surface area contributed by atoms with E-state index in [1.807, 2.05) is 24.4 Å². The van der Waals surface area contributed by atoms with Gasteiger partial charge in [-0.1, -0.05) is 11.1 Å². The zero-order valence-corrected chi connectivity index (χ0v) is 12.7. The van der Waals surface area contributed by atoms with Gasteiger partial charge in [-0.2, -0.15) is 0 Å². The first kappa shape index (κ1) is 13.3. The van der Waals surface area contributed by atoms with Crippen LogP contribution < -0.4 is 14.8 Å². The summed E-state index contributed by atoms with van der Waals surface area (Å²) < 4.78 is 0. The standard InChI is InChI=1S/C15H15ClN6/c16-12-9-11(14-15(20-12)19-10-18-14)21-5-7-22(8-6-21)13-3-1-2-4-17-13/h1-4,9-10H,5-8H2,(H,18,19,20)/p+1. The number of aromatic amines is 2. The van der Waals surface area contributed by atoms with Gasteiger partial charge in [0.15, 0.2) is 11.8 Å². The van der Waals surface area contributed by atoms with Crippen molar-refractivity contribution in [3.05, 3.63) is 41.9 Å². The lowest BCUT2D eigenvalue weighted by Crippen LogP contribution is -2.47. The van der Waals surface area contributed by atoms with Crippen LogP contribution in [0.1, 0.15) is 0 Å². The van der Waals surface area contributed by atoms with Crippen LogP contribution in [-0.2, 0) is 0 Å². The van der Waals surface area contributed by atoms with E-state index < -0.39 is 0 Å². The normalized spacial score (nSPS) is 15.5. The summed E-state index contributed by atoms with van der Waals surface area (Å²) >= 11 is 6.13. The van der Waals surface area contributed by atoms with E-state index in [4.69, 9.17) is 11.6 Å². The van der Waals surface area contributed by atoms with Crippen LogP contribution in [0.15, 0.2) is 36.8 Å². The average Bonchev–Trinajstić information content (AvgIpc) is 3.03. The number of pyridine rings is 2.